The van der Waals surface area contributed by atoms with Gasteiger partial charge in [-0.25, -0.2) is 4.98 Å². The van der Waals surface area contributed by atoms with Gasteiger partial charge in [0.25, 0.3) is 0 Å². The van der Waals surface area contributed by atoms with Crippen molar-refractivity contribution in [1.29, 1.82) is 0 Å². The van der Waals surface area contributed by atoms with Crippen LogP contribution in [0.3, 0.4) is 0 Å². The molecule has 0 atom stereocenters. The van der Waals surface area contributed by atoms with Gasteiger partial charge in [-0.15, -0.1) is 0 Å². The minimum atomic E-state index is 0.600. The lowest BCUT2D eigenvalue weighted by Gasteiger charge is -2.00. The molecule has 0 aliphatic carbocycles. The van der Waals surface area contributed by atoms with E-state index in [1.165, 1.54) is 0 Å². The largest absolute Gasteiger partial charge is 0.398 e. The van der Waals surface area contributed by atoms with Crippen LogP contribution in [0.15, 0.2) is 18.2 Å². The highest BCUT2D eigenvalue weighted by Gasteiger charge is 2.09. The molecule has 0 aliphatic rings. The van der Waals surface area contributed by atoms with E-state index in [4.69, 9.17) is 17.3 Å². The summed E-state index contributed by atoms with van der Waals surface area (Å²) >= 11 is 5.91. The Bertz CT molecular complexity index is 492. The van der Waals surface area contributed by atoms with Crippen molar-refractivity contribution in [2.75, 3.05) is 5.73 Å². The molecule has 1 aromatic heterocycles. The highest BCUT2D eigenvalue weighted by atomic mass is 35.5. The first-order valence-electron chi connectivity index (χ1n) is 5.17. The number of aromatic nitrogens is 3. The van der Waals surface area contributed by atoms with E-state index in [1.54, 1.807) is 18.2 Å². The molecule has 0 spiro atoms. The Morgan fingerprint density at radius 1 is 1.44 bits per heavy atom. The van der Waals surface area contributed by atoms with Crippen molar-refractivity contribution in [2.24, 2.45) is 0 Å². The SMILES string of the molecule is CCCc1nc(-c2cc(Cl)ccc2N)n[nH]1. The average Bonchev–Trinajstić information content (AvgIpc) is 2.71. The maximum atomic E-state index is 5.91. The second kappa shape index (κ2) is 4.53. The molecule has 0 aliphatic heterocycles. The standard InChI is InChI=1S/C11H13ClN4/c1-2-3-10-14-11(16-15-10)8-6-7(12)4-5-9(8)13/h4-6H,2-3,13H2,1H3,(H,14,15,16). The number of nitrogens with zero attached hydrogens (tertiary/aromatic N) is 2. The molecule has 0 bridgehead atoms. The molecule has 84 valence electrons. The minimum absolute atomic E-state index is 0.600. The van der Waals surface area contributed by atoms with Crippen molar-refractivity contribution in [1.82, 2.24) is 15.2 Å². The molecule has 2 rings (SSSR count). The Hall–Kier alpha value is -1.55. The van der Waals surface area contributed by atoms with Gasteiger partial charge in [0.2, 0.25) is 0 Å². The molecule has 0 unspecified atom stereocenters. The zero-order valence-electron chi connectivity index (χ0n) is 9.00. The fourth-order valence-corrected chi connectivity index (χ4v) is 1.66. The van der Waals surface area contributed by atoms with Crippen molar-refractivity contribution in [3.63, 3.8) is 0 Å². The summed E-state index contributed by atoms with van der Waals surface area (Å²) in [7, 11) is 0. The third-order valence-corrected chi connectivity index (χ3v) is 2.51. The molecule has 1 aromatic carbocycles. The average molecular weight is 237 g/mol. The number of hydrogen-bond donors (Lipinski definition) is 2. The maximum Gasteiger partial charge on any atom is 0.183 e. The van der Waals surface area contributed by atoms with Crippen LogP contribution in [0.25, 0.3) is 11.4 Å². The van der Waals surface area contributed by atoms with Crippen LogP contribution in [0.4, 0.5) is 5.69 Å². The van der Waals surface area contributed by atoms with Gasteiger partial charge in [-0.1, -0.05) is 18.5 Å². The Morgan fingerprint density at radius 2 is 2.25 bits per heavy atom. The van der Waals surface area contributed by atoms with Crippen LogP contribution in [-0.2, 0) is 6.42 Å². The summed E-state index contributed by atoms with van der Waals surface area (Å²) in [6.45, 7) is 2.09. The molecule has 0 saturated heterocycles. The number of aromatic amines is 1. The summed E-state index contributed by atoms with van der Waals surface area (Å²) in [6, 6.07) is 5.28. The first kappa shape index (κ1) is 11.0. The maximum absolute atomic E-state index is 5.91. The monoisotopic (exact) mass is 236 g/mol. The molecule has 4 nitrogen and oxygen atoms in total. The van der Waals surface area contributed by atoms with Gasteiger partial charge in [0.15, 0.2) is 5.82 Å². The van der Waals surface area contributed by atoms with Gasteiger partial charge < -0.3 is 5.73 Å². The summed E-state index contributed by atoms with van der Waals surface area (Å²) in [5, 5.41) is 7.65. The second-order valence-electron chi connectivity index (χ2n) is 3.59. The Kier molecular flexibility index (Phi) is 3.10. The molecule has 2 aromatic rings. The van der Waals surface area contributed by atoms with Crippen LogP contribution in [0.5, 0.6) is 0 Å². The lowest BCUT2D eigenvalue weighted by Crippen LogP contribution is -1.91. The van der Waals surface area contributed by atoms with E-state index in [9.17, 15) is 0 Å². The van der Waals surface area contributed by atoms with E-state index in [2.05, 4.69) is 22.1 Å². The smallest absolute Gasteiger partial charge is 0.183 e. The van der Waals surface area contributed by atoms with E-state index >= 15 is 0 Å². The number of benzene rings is 1. The molecular formula is C11H13ClN4. The highest BCUT2D eigenvalue weighted by molar-refractivity contribution is 6.31. The minimum Gasteiger partial charge on any atom is -0.398 e. The zero-order valence-corrected chi connectivity index (χ0v) is 9.75. The summed E-state index contributed by atoms with van der Waals surface area (Å²) < 4.78 is 0. The van der Waals surface area contributed by atoms with E-state index in [-0.39, 0.29) is 0 Å². The predicted molar refractivity (Wildman–Crippen MR) is 65.2 cm³/mol. The quantitative estimate of drug-likeness (QED) is 0.805. The number of rotatable bonds is 3. The first-order valence-corrected chi connectivity index (χ1v) is 5.55. The van der Waals surface area contributed by atoms with Crippen LogP contribution >= 0.6 is 11.6 Å². The number of nitrogens with one attached hydrogen (secondary N) is 1. The first-order chi connectivity index (χ1) is 7.70. The third-order valence-electron chi connectivity index (χ3n) is 2.27. The van der Waals surface area contributed by atoms with Gasteiger partial charge in [-0.3, -0.25) is 5.10 Å². The number of nitrogens with two attached hydrogens (primary N) is 1. The molecule has 5 heteroatoms. The van der Waals surface area contributed by atoms with Crippen LogP contribution in [0.2, 0.25) is 5.02 Å². The zero-order chi connectivity index (χ0) is 11.5. The molecule has 16 heavy (non-hydrogen) atoms. The van der Waals surface area contributed by atoms with Crippen molar-refractivity contribution in [3.05, 3.63) is 29.0 Å². The second-order valence-corrected chi connectivity index (χ2v) is 4.02. The van der Waals surface area contributed by atoms with E-state index in [1.807, 2.05) is 0 Å². The van der Waals surface area contributed by atoms with Gasteiger partial charge in [0.1, 0.15) is 5.82 Å². The van der Waals surface area contributed by atoms with Gasteiger partial charge in [0.05, 0.1) is 0 Å². The summed E-state index contributed by atoms with van der Waals surface area (Å²) in [5.74, 6) is 1.47. The van der Waals surface area contributed by atoms with Gasteiger partial charge >= 0.3 is 0 Å². The fourth-order valence-electron chi connectivity index (χ4n) is 1.49. The molecule has 1 heterocycles. The van der Waals surface area contributed by atoms with Crippen LogP contribution in [-0.4, -0.2) is 15.2 Å². The summed E-state index contributed by atoms with van der Waals surface area (Å²) in [5.41, 5.74) is 7.25. The van der Waals surface area contributed by atoms with Gasteiger partial charge in [-0.05, 0) is 24.6 Å². The molecule has 0 fully saturated rings. The van der Waals surface area contributed by atoms with Gasteiger partial charge in [-0.2, -0.15) is 5.10 Å². The summed E-state index contributed by atoms with van der Waals surface area (Å²) in [4.78, 5) is 4.37. The molecule has 0 amide bonds. The number of nitrogen functional groups attached to an aromatic ring is 1. The van der Waals surface area contributed by atoms with E-state index < -0.39 is 0 Å². The highest BCUT2D eigenvalue weighted by Crippen LogP contribution is 2.26. The molecule has 3 N–H and O–H groups in total. The number of halogens is 1. The number of H-pyrrole nitrogens is 1. The number of hydrogen-bond acceptors (Lipinski definition) is 3. The van der Waals surface area contributed by atoms with Crippen LogP contribution in [0, 0.1) is 0 Å². The van der Waals surface area contributed by atoms with E-state index in [0.717, 1.165) is 24.2 Å². The lowest BCUT2D eigenvalue weighted by molar-refractivity contribution is 0.841. The fraction of sp³-hybridized carbons (Fsp3) is 0.273. The Labute approximate surface area is 98.8 Å². The van der Waals surface area contributed by atoms with Crippen molar-refractivity contribution in [3.8, 4) is 11.4 Å². The molecular weight excluding hydrogens is 224 g/mol. The lowest BCUT2D eigenvalue weighted by atomic mass is 10.2. The molecule has 0 radical (unpaired) electrons. The predicted octanol–water partition coefficient (Wildman–Crippen LogP) is 2.66. The van der Waals surface area contributed by atoms with Crippen LogP contribution < -0.4 is 5.73 Å². The topological polar surface area (TPSA) is 67.6 Å². The van der Waals surface area contributed by atoms with Crippen LogP contribution in [0.1, 0.15) is 19.2 Å². The third kappa shape index (κ3) is 2.17. The Balaban J connectivity index is 2.38. The van der Waals surface area contributed by atoms with E-state index in [0.29, 0.717) is 16.5 Å². The Morgan fingerprint density at radius 3 is 3.00 bits per heavy atom. The normalized spacial score (nSPS) is 10.6. The van der Waals surface area contributed by atoms with Crippen molar-refractivity contribution in [2.45, 2.75) is 19.8 Å². The van der Waals surface area contributed by atoms with Crippen molar-refractivity contribution >= 4 is 17.3 Å². The number of anilines is 1. The number of aryl methyl sites for hydroxylation is 1. The summed E-state index contributed by atoms with van der Waals surface area (Å²) in [6.07, 6.45) is 1.91. The molecule has 0 saturated carbocycles. The van der Waals surface area contributed by atoms with Gasteiger partial charge in [0, 0.05) is 22.7 Å². The van der Waals surface area contributed by atoms with Crippen molar-refractivity contribution < 1.29 is 0 Å².